The highest BCUT2D eigenvalue weighted by molar-refractivity contribution is 5.46. The second kappa shape index (κ2) is 8.18. The van der Waals surface area contributed by atoms with Gasteiger partial charge in [-0.3, -0.25) is 0 Å². The van der Waals surface area contributed by atoms with Crippen molar-refractivity contribution in [2.24, 2.45) is 12.0 Å². The summed E-state index contributed by atoms with van der Waals surface area (Å²) in [5.41, 5.74) is 0. The van der Waals surface area contributed by atoms with E-state index < -0.39 is 0 Å². The standard InChI is InChI=1S/C7H10N3.C2N3/c1-9-5-6-10(7-9)4-2-3-8;3-1-5-2-4/h5-7H,2,4H2,1H3;/q+1;-1. The third-order valence-corrected chi connectivity index (χ3v) is 1.41. The van der Waals surface area contributed by atoms with Gasteiger partial charge in [-0.25, -0.2) is 9.13 Å². The molecule has 0 N–H and O–H groups in total. The zero-order chi connectivity index (χ0) is 11.5. The fraction of sp³-hybridized carbons (Fsp3) is 0.333. The van der Waals surface area contributed by atoms with Gasteiger partial charge in [-0.2, -0.15) is 10.5 Å². The summed E-state index contributed by atoms with van der Waals surface area (Å²) in [5.74, 6) is 0. The summed E-state index contributed by atoms with van der Waals surface area (Å²) in [5, 5.41) is 23.1. The molecule has 0 saturated carbocycles. The quantitative estimate of drug-likeness (QED) is 0.395. The van der Waals surface area contributed by atoms with Gasteiger partial charge in [0.15, 0.2) is 0 Å². The first-order valence-corrected chi connectivity index (χ1v) is 4.10. The summed E-state index contributed by atoms with van der Waals surface area (Å²) in [4.78, 5) is 2.58. The zero-order valence-corrected chi connectivity index (χ0v) is 8.33. The lowest BCUT2D eigenvalue weighted by atomic mass is 10.5. The number of hydrogen-bond acceptors (Lipinski definition) is 3. The van der Waals surface area contributed by atoms with E-state index in [1.54, 1.807) is 0 Å². The largest absolute Gasteiger partial charge is 0.422 e. The molecule has 0 fully saturated rings. The molecule has 1 rings (SSSR count). The monoisotopic (exact) mass is 202 g/mol. The number of hydrogen-bond donors (Lipinski definition) is 0. The Bertz CT molecular complexity index is 413. The maximum absolute atomic E-state index is 8.26. The summed E-state index contributed by atoms with van der Waals surface area (Å²) in [6.07, 6.45) is 7.73. The molecule has 0 saturated heterocycles. The molecule has 1 aromatic rings. The molecule has 15 heavy (non-hydrogen) atoms. The van der Waals surface area contributed by atoms with E-state index in [2.05, 4.69) is 11.1 Å². The van der Waals surface area contributed by atoms with Crippen molar-refractivity contribution < 1.29 is 4.57 Å². The highest BCUT2D eigenvalue weighted by Gasteiger charge is 1.96. The Morgan fingerprint density at radius 3 is 2.60 bits per heavy atom. The van der Waals surface area contributed by atoms with Gasteiger partial charge in [-0.15, -0.1) is 6.01 Å². The lowest BCUT2D eigenvalue weighted by Gasteiger charge is -1.85. The second-order valence-electron chi connectivity index (χ2n) is 2.54. The van der Waals surface area contributed by atoms with E-state index in [0.29, 0.717) is 6.42 Å². The first kappa shape index (κ1) is 12.6. The first-order valence-electron chi connectivity index (χ1n) is 4.10. The molecule has 6 nitrogen and oxygen atoms in total. The zero-order valence-electron chi connectivity index (χ0n) is 8.33. The molecule has 0 aliphatic rings. The smallest absolute Gasteiger partial charge is 0.243 e. The van der Waals surface area contributed by atoms with Crippen molar-refractivity contribution in [3.63, 3.8) is 0 Å². The van der Waals surface area contributed by atoms with Crippen LogP contribution in [0.2, 0.25) is 0 Å². The third kappa shape index (κ3) is 6.71. The van der Waals surface area contributed by atoms with Crippen LogP contribution in [-0.2, 0) is 13.6 Å². The Kier molecular flexibility index (Phi) is 6.86. The average Bonchev–Trinajstić information content (AvgIpc) is 2.63. The van der Waals surface area contributed by atoms with E-state index in [9.17, 15) is 0 Å². The van der Waals surface area contributed by atoms with E-state index in [-0.39, 0.29) is 0 Å². The van der Waals surface area contributed by atoms with Crippen molar-refractivity contribution in [2.75, 3.05) is 0 Å². The van der Waals surface area contributed by atoms with Gasteiger partial charge in [0.05, 0.1) is 25.7 Å². The van der Waals surface area contributed by atoms with Crippen LogP contribution in [0.5, 0.6) is 0 Å². The Morgan fingerprint density at radius 1 is 1.53 bits per heavy atom. The summed E-state index contributed by atoms with van der Waals surface area (Å²) in [6.45, 7) is 0.789. The fourth-order valence-electron chi connectivity index (χ4n) is 0.835. The third-order valence-electron chi connectivity index (χ3n) is 1.41. The molecule has 0 aromatic carbocycles. The van der Waals surface area contributed by atoms with Crippen LogP contribution in [0.1, 0.15) is 6.42 Å². The number of aromatic nitrogens is 2. The normalized spacial score (nSPS) is 7.40. The topological polar surface area (TPSA) is 91.0 Å². The number of aryl methyl sites for hydroxylation is 2. The molecule has 0 aliphatic heterocycles. The summed E-state index contributed by atoms with van der Waals surface area (Å²) < 4.78 is 3.95. The van der Waals surface area contributed by atoms with Crippen molar-refractivity contribution in [1.29, 1.82) is 10.5 Å². The minimum Gasteiger partial charge on any atom is -0.422 e. The molecule has 1 aromatic heterocycles. The Balaban J connectivity index is 0.000000336. The van der Waals surface area contributed by atoms with Gasteiger partial charge >= 0.3 is 0 Å². The van der Waals surface area contributed by atoms with Gasteiger partial charge in [-0.1, -0.05) is 0 Å². The second-order valence-corrected chi connectivity index (χ2v) is 2.54. The van der Waals surface area contributed by atoms with E-state index in [1.165, 1.54) is 12.2 Å². The van der Waals surface area contributed by atoms with Gasteiger partial charge in [0.2, 0.25) is 6.33 Å². The van der Waals surface area contributed by atoms with Crippen LogP contribution in [-0.4, -0.2) is 10.6 Å². The average molecular weight is 202 g/mol. The molecular formula is C9H10N6. The lowest BCUT2D eigenvalue weighted by molar-refractivity contribution is -0.671. The highest BCUT2D eigenvalue weighted by Crippen LogP contribution is 1.86. The van der Waals surface area contributed by atoms with E-state index in [0.717, 1.165) is 6.54 Å². The van der Waals surface area contributed by atoms with Gasteiger partial charge in [0.1, 0.15) is 18.9 Å². The van der Waals surface area contributed by atoms with Crippen LogP contribution in [0.15, 0.2) is 23.7 Å². The minimum absolute atomic E-state index is 0.578. The lowest BCUT2D eigenvalue weighted by Crippen LogP contribution is -2.23. The molecule has 76 valence electrons. The molecule has 0 atom stereocenters. The number of nitriles is 2. The highest BCUT2D eigenvalue weighted by atomic mass is 15.1. The SMILES string of the molecule is C[n+]1ccn(CCC#N)c1.N#CN=C=[N-]. The molecule has 0 unspecified atom stereocenters. The van der Waals surface area contributed by atoms with Gasteiger partial charge in [0.25, 0.3) is 0 Å². The van der Waals surface area contributed by atoms with Gasteiger partial charge in [0, 0.05) is 0 Å². The number of nitrogens with zero attached hydrogens (tertiary/aromatic N) is 6. The summed E-state index contributed by atoms with van der Waals surface area (Å²) >= 11 is 0. The molecular weight excluding hydrogens is 192 g/mol. The van der Waals surface area contributed by atoms with Gasteiger partial charge in [-0.05, 0) is 0 Å². The van der Waals surface area contributed by atoms with Crippen molar-refractivity contribution in [2.45, 2.75) is 13.0 Å². The fourth-order valence-corrected chi connectivity index (χ4v) is 0.835. The number of imidazole rings is 1. The number of rotatable bonds is 2. The minimum atomic E-state index is 0.578. The van der Waals surface area contributed by atoms with Gasteiger partial charge < -0.3 is 10.4 Å². The predicted molar refractivity (Wildman–Crippen MR) is 52.2 cm³/mol. The van der Waals surface area contributed by atoms with Crippen LogP contribution in [0.25, 0.3) is 5.41 Å². The van der Waals surface area contributed by atoms with Crippen LogP contribution < -0.4 is 4.57 Å². The Morgan fingerprint density at radius 2 is 2.27 bits per heavy atom. The van der Waals surface area contributed by atoms with E-state index >= 15 is 0 Å². The van der Waals surface area contributed by atoms with Crippen LogP contribution in [0.4, 0.5) is 0 Å². The van der Waals surface area contributed by atoms with Crippen molar-refractivity contribution in [3.8, 4) is 12.3 Å². The molecule has 0 bridgehead atoms. The summed E-state index contributed by atoms with van der Waals surface area (Å²) in [6, 6.07) is 3.38. The van der Waals surface area contributed by atoms with Crippen molar-refractivity contribution in [1.82, 2.24) is 4.57 Å². The maximum atomic E-state index is 8.26. The molecule has 0 radical (unpaired) electrons. The van der Waals surface area contributed by atoms with Crippen LogP contribution >= 0.6 is 0 Å². The molecule has 6 heteroatoms. The van der Waals surface area contributed by atoms with E-state index in [1.807, 2.05) is 34.9 Å². The Hall–Kier alpha value is -2.43. The first-order chi connectivity index (χ1) is 7.24. The van der Waals surface area contributed by atoms with Crippen LogP contribution in [0, 0.1) is 22.8 Å². The molecule has 0 spiro atoms. The Labute approximate surface area is 87.8 Å². The van der Waals surface area contributed by atoms with Crippen LogP contribution in [0.3, 0.4) is 0 Å². The summed E-state index contributed by atoms with van der Waals surface area (Å²) in [7, 11) is 1.96. The van der Waals surface area contributed by atoms with Crippen molar-refractivity contribution in [3.05, 3.63) is 24.1 Å². The van der Waals surface area contributed by atoms with E-state index in [4.69, 9.17) is 15.9 Å². The maximum Gasteiger partial charge on any atom is 0.243 e. The molecule has 0 aliphatic carbocycles. The number of aliphatic imine (C=N–C) groups is 1. The molecule has 1 heterocycles. The van der Waals surface area contributed by atoms with Crippen molar-refractivity contribution >= 4 is 6.01 Å². The predicted octanol–water partition coefficient (Wildman–Crippen LogP) is 0.437. The molecule has 0 amide bonds.